The van der Waals surface area contributed by atoms with Crippen molar-refractivity contribution < 1.29 is 9.26 Å². The highest BCUT2D eigenvalue weighted by Crippen LogP contribution is 2.23. The summed E-state index contributed by atoms with van der Waals surface area (Å²) < 4.78 is 10.3. The van der Waals surface area contributed by atoms with Crippen LogP contribution in [0, 0.1) is 5.92 Å². The van der Waals surface area contributed by atoms with Gasteiger partial charge in [0.1, 0.15) is 5.75 Å². The molecule has 5 heteroatoms. The van der Waals surface area contributed by atoms with Crippen LogP contribution in [0.4, 0.5) is 0 Å². The van der Waals surface area contributed by atoms with Gasteiger partial charge < -0.3 is 15.0 Å². The molecule has 0 amide bonds. The normalized spacial score (nSPS) is 12.7. The van der Waals surface area contributed by atoms with Gasteiger partial charge in [0.05, 0.1) is 13.2 Å². The molecule has 2 N–H and O–H groups in total. The number of nitrogens with zero attached hydrogens (tertiary/aromatic N) is 2. The molecular formula is C14H19N3O2. The van der Waals surface area contributed by atoms with E-state index in [0.717, 1.165) is 17.7 Å². The van der Waals surface area contributed by atoms with Crippen LogP contribution in [0.15, 0.2) is 28.8 Å². The number of methoxy groups -OCH3 is 1. The zero-order chi connectivity index (χ0) is 13.8. The van der Waals surface area contributed by atoms with Crippen molar-refractivity contribution in [3.05, 3.63) is 30.2 Å². The Balaban J connectivity index is 2.15. The summed E-state index contributed by atoms with van der Waals surface area (Å²) in [5, 5.41) is 3.96. The van der Waals surface area contributed by atoms with Gasteiger partial charge in [-0.1, -0.05) is 19.0 Å². The van der Waals surface area contributed by atoms with Gasteiger partial charge in [-0.15, -0.1) is 0 Å². The zero-order valence-electron chi connectivity index (χ0n) is 11.5. The molecule has 0 aliphatic heterocycles. The van der Waals surface area contributed by atoms with E-state index in [4.69, 9.17) is 15.0 Å². The third-order valence-corrected chi connectivity index (χ3v) is 2.83. The van der Waals surface area contributed by atoms with Gasteiger partial charge in [0.2, 0.25) is 11.7 Å². The maximum Gasteiger partial charge on any atom is 0.243 e. The molecule has 0 saturated heterocycles. The van der Waals surface area contributed by atoms with Crippen molar-refractivity contribution in [3.8, 4) is 17.1 Å². The molecule has 0 spiro atoms. The summed E-state index contributed by atoms with van der Waals surface area (Å²) in [5.74, 6) is 2.33. The minimum absolute atomic E-state index is 0.209. The second-order valence-electron chi connectivity index (χ2n) is 4.92. The SMILES string of the molecule is COc1ccc(-c2noc(C(N)CC(C)C)n2)cc1. The fourth-order valence-corrected chi connectivity index (χ4v) is 1.85. The third kappa shape index (κ3) is 3.32. The average molecular weight is 261 g/mol. The molecule has 0 aliphatic rings. The Morgan fingerprint density at radius 1 is 1.26 bits per heavy atom. The van der Waals surface area contributed by atoms with E-state index in [1.54, 1.807) is 7.11 Å². The molecule has 0 radical (unpaired) electrons. The van der Waals surface area contributed by atoms with Crippen molar-refractivity contribution in [2.45, 2.75) is 26.3 Å². The van der Waals surface area contributed by atoms with E-state index < -0.39 is 0 Å². The van der Waals surface area contributed by atoms with Crippen LogP contribution in [-0.4, -0.2) is 17.3 Å². The van der Waals surface area contributed by atoms with Crippen molar-refractivity contribution in [2.24, 2.45) is 11.7 Å². The minimum atomic E-state index is -0.209. The molecule has 0 fully saturated rings. The van der Waals surface area contributed by atoms with Gasteiger partial charge in [-0.2, -0.15) is 4.98 Å². The quantitative estimate of drug-likeness (QED) is 0.895. The number of hydrogen-bond acceptors (Lipinski definition) is 5. The van der Waals surface area contributed by atoms with E-state index in [2.05, 4.69) is 24.0 Å². The molecule has 1 aromatic carbocycles. The van der Waals surface area contributed by atoms with Gasteiger partial charge in [0, 0.05) is 5.56 Å². The molecular weight excluding hydrogens is 242 g/mol. The van der Waals surface area contributed by atoms with Crippen molar-refractivity contribution in [1.82, 2.24) is 10.1 Å². The number of hydrogen-bond donors (Lipinski definition) is 1. The van der Waals surface area contributed by atoms with Gasteiger partial charge in [-0.05, 0) is 36.6 Å². The van der Waals surface area contributed by atoms with E-state index >= 15 is 0 Å². The van der Waals surface area contributed by atoms with Crippen LogP contribution in [0.5, 0.6) is 5.75 Å². The maximum absolute atomic E-state index is 6.02. The molecule has 5 nitrogen and oxygen atoms in total. The molecule has 19 heavy (non-hydrogen) atoms. The molecule has 0 bridgehead atoms. The van der Waals surface area contributed by atoms with Crippen molar-refractivity contribution in [1.29, 1.82) is 0 Å². The molecule has 0 saturated carbocycles. The number of ether oxygens (including phenoxy) is 1. The summed E-state index contributed by atoms with van der Waals surface area (Å²) in [7, 11) is 1.63. The smallest absolute Gasteiger partial charge is 0.243 e. The first-order valence-corrected chi connectivity index (χ1v) is 6.33. The molecule has 1 heterocycles. The van der Waals surface area contributed by atoms with Crippen LogP contribution in [-0.2, 0) is 0 Å². The lowest BCUT2D eigenvalue weighted by Crippen LogP contribution is -2.13. The summed E-state index contributed by atoms with van der Waals surface area (Å²) in [6, 6.07) is 7.29. The number of nitrogens with two attached hydrogens (primary N) is 1. The first-order chi connectivity index (χ1) is 9.10. The van der Waals surface area contributed by atoms with Gasteiger partial charge in [0.25, 0.3) is 0 Å². The lowest BCUT2D eigenvalue weighted by molar-refractivity contribution is 0.335. The molecule has 102 valence electrons. The second kappa shape index (κ2) is 5.84. The third-order valence-electron chi connectivity index (χ3n) is 2.83. The molecule has 0 aliphatic carbocycles. The van der Waals surface area contributed by atoms with Gasteiger partial charge in [-0.25, -0.2) is 0 Å². The lowest BCUT2D eigenvalue weighted by Gasteiger charge is -2.08. The molecule has 2 aromatic rings. The summed E-state index contributed by atoms with van der Waals surface area (Å²) >= 11 is 0. The Morgan fingerprint density at radius 2 is 1.95 bits per heavy atom. The second-order valence-corrected chi connectivity index (χ2v) is 4.92. The van der Waals surface area contributed by atoms with Gasteiger partial charge in [0.15, 0.2) is 0 Å². The highest BCUT2D eigenvalue weighted by Gasteiger charge is 2.16. The number of benzene rings is 1. The number of rotatable bonds is 5. The summed E-state index contributed by atoms with van der Waals surface area (Å²) in [6.07, 6.45) is 0.824. The zero-order valence-corrected chi connectivity index (χ0v) is 11.5. The topological polar surface area (TPSA) is 74.2 Å². The monoisotopic (exact) mass is 261 g/mol. The van der Waals surface area contributed by atoms with Crippen LogP contribution in [0.2, 0.25) is 0 Å². The first kappa shape index (κ1) is 13.5. The Kier molecular flexibility index (Phi) is 4.16. The average Bonchev–Trinajstić information content (AvgIpc) is 2.88. The van der Waals surface area contributed by atoms with Crippen molar-refractivity contribution in [2.75, 3.05) is 7.11 Å². The van der Waals surface area contributed by atoms with E-state index in [0.29, 0.717) is 17.6 Å². The van der Waals surface area contributed by atoms with Crippen LogP contribution < -0.4 is 10.5 Å². The highest BCUT2D eigenvalue weighted by molar-refractivity contribution is 5.55. The largest absolute Gasteiger partial charge is 0.497 e. The predicted molar refractivity (Wildman–Crippen MR) is 72.7 cm³/mol. The Bertz CT molecular complexity index is 520. The van der Waals surface area contributed by atoms with Crippen LogP contribution >= 0.6 is 0 Å². The summed E-state index contributed by atoms with van der Waals surface area (Å²) in [5.41, 5.74) is 6.90. The van der Waals surface area contributed by atoms with E-state index in [1.807, 2.05) is 24.3 Å². The molecule has 1 aromatic heterocycles. The maximum atomic E-state index is 6.02. The van der Waals surface area contributed by atoms with Crippen molar-refractivity contribution in [3.63, 3.8) is 0 Å². The van der Waals surface area contributed by atoms with Gasteiger partial charge >= 0.3 is 0 Å². The van der Waals surface area contributed by atoms with E-state index in [9.17, 15) is 0 Å². The van der Waals surface area contributed by atoms with Gasteiger partial charge in [-0.3, -0.25) is 0 Å². The Morgan fingerprint density at radius 3 is 2.53 bits per heavy atom. The Labute approximate surface area is 112 Å². The van der Waals surface area contributed by atoms with E-state index in [1.165, 1.54) is 0 Å². The molecule has 2 rings (SSSR count). The predicted octanol–water partition coefficient (Wildman–Crippen LogP) is 2.79. The van der Waals surface area contributed by atoms with Crippen LogP contribution in [0.25, 0.3) is 11.4 Å². The fraction of sp³-hybridized carbons (Fsp3) is 0.429. The molecule has 1 atom stereocenters. The van der Waals surface area contributed by atoms with Crippen LogP contribution in [0.3, 0.4) is 0 Å². The Hall–Kier alpha value is -1.88. The lowest BCUT2D eigenvalue weighted by atomic mass is 10.0. The van der Waals surface area contributed by atoms with Crippen LogP contribution in [0.1, 0.15) is 32.2 Å². The van der Waals surface area contributed by atoms with E-state index in [-0.39, 0.29) is 6.04 Å². The number of aromatic nitrogens is 2. The summed E-state index contributed by atoms with van der Waals surface area (Å²) in [6.45, 7) is 4.22. The standard InChI is InChI=1S/C14H19N3O2/c1-9(2)8-12(15)14-16-13(17-19-14)10-4-6-11(18-3)7-5-10/h4-7,9,12H,8,15H2,1-3H3. The minimum Gasteiger partial charge on any atom is -0.497 e. The van der Waals surface area contributed by atoms with Crippen molar-refractivity contribution >= 4 is 0 Å². The fourth-order valence-electron chi connectivity index (χ4n) is 1.85. The molecule has 1 unspecified atom stereocenters. The highest BCUT2D eigenvalue weighted by atomic mass is 16.5. The summed E-state index contributed by atoms with van der Waals surface area (Å²) in [4.78, 5) is 4.35. The first-order valence-electron chi connectivity index (χ1n) is 6.33.